The van der Waals surface area contributed by atoms with Crippen LogP contribution < -0.4 is 10.9 Å². The Labute approximate surface area is 158 Å². The topological polar surface area (TPSA) is 64.0 Å². The largest absolute Gasteiger partial charge is 0.322 e. The van der Waals surface area contributed by atoms with Crippen molar-refractivity contribution < 1.29 is 9.18 Å². The van der Waals surface area contributed by atoms with Crippen LogP contribution >= 0.6 is 15.9 Å². The number of carbonyl (C=O) groups is 1. The zero-order valence-corrected chi connectivity index (χ0v) is 15.8. The molecule has 0 radical (unpaired) electrons. The quantitative estimate of drug-likeness (QED) is 0.693. The smallest absolute Gasteiger partial charge is 0.261 e. The Morgan fingerprint density at radius 1 is 1.23 bits per heavy atom. The minimum Gasteiger partial charge on any atom is -0.322 e. The molecule has 0 saturated heterocycles. The molecule has 1 amide bonds. The number of nitrogens with one attached hydrogen (secondary N) is 1. The summed E-state index contributed by atoms with van der Waals surface area (Å²) in [7, 11) is 0. The van der Waals surface area contributed by atoms with Crippen molar-refractivity contribution in [2.75, 3.05) is 5.32 Å². The SMILES string of the molecule is CC(C)C(C(=O)Nc1ccc(Br)cc1F)n1cnc2ccccc2c1=O. The van der Waals surface area contributed by atoms with Gasteiger partial charge in [0.2, 0.25) is 5.91 Å². The van der Waals surface area contributed by atoms with Crippen molar-refractivity contribution in [3.05, 3.63) is 69.4 Å². The third-order valence-electron chi connectivity index (χ3n) is 4.08. The van der Waals surface area contributed by atoms with Crippen LogP contribution in [0.3, 0.4) is 0 Å². The molecular weight excluding hydrogens is 401 g/mol. The summed E-state index contributed by atoms with van der Waals surface area (Å²) >= 11 is 3.18. The third-order valence-corrected chi connectivity index (χ3v) is 4.57. The first kappa shape index (κ1) is 18.3. The van der Waals surface area contributed by atoms with Crippen molar-refractivity contribution in [3.63, 3.8) is 0 Å². The van der Waals surface area contributed by atoms with Crippen LogP contribution in [0, 0.1) is 11.7 Å². The van der Waals surface area contributed by atoms with E-state index in [-0.39, 0.29) is 17.2 Å². The van der Waals surface area contributed by atoms with Gasteiger partial charge in [-0.05, 0) is 36.2 Å². The summed E-state index contributed by atoms with van der Waals surface area (Å²) in [5.41, 5.74) is 0.321. The normalized spacial score (nSPS) is 12.3. The first-order valence-corrected chi connectivity index (χ1v) is 8.89. The van der Waals surface area contributed by atoms with Crippen molar-refractivity contribution in [1.82, 2.24) is 9.55 Å². The lowest BCUT2D eigenvalue weighted by Crippen LogP contribution is -2.36. The molecule has 3 rings (SSSR count). The highest BCUT2D eigenvalue weighted by molar-refractivity contribution is 9.10. The molecule has 0 fully saturated rings. The Morgan fingerprint density at radius 2 is 1.96 bits per heavy atom. The van der Waals surface area contributed by atoms with E-state index in [1.165, 1.54) is 23.0 Å². The van der Waals surface area contributed by atoms with Gasteiger partial charge in [-0.25, -0.2) is 9.37 Å². The van der Waals surface area contributed by atoms with Gasteiger partial charge in [0.1, 0.15) is 11.9 Å². The summed E-state index contributed by atoms with van der Waals surface area (Å²) in [5.74, 6) is -1.23. The van der Waals surface area contributed by atoms with Crippen LogP contribution in [0.2, 0.25) is 0 Å². The van der Waals surface area contributed by atoms with Crippen molar-refractivity contribution in [3.8, 4) is 0 Å². The molecule has 0 spiro atoms. The highest BCUT2D eigenvalue weighted by Gasteiger charge is 2.26. The van der Waals surface area contributed by atoms with E-state index in [2.05, 4.69) is 26.2 Å². The number of hydrogen-bond donors (Lipinski definition) is 1. The molecule has 1 N–H and O–H groups in total. The lowest BCUT2D eigenvalue weighted by atomic mass is 10.0. The minimum atomic E-state index is -0.817. The van der Waals surface area contributed by atoms with Crippen LogP contribution in [0.15, 0.2) is 58.1 Å². The summed E-state index contributed by atoms with van der Waals surface area (Å²) in [6.07, 6.45) is 1.37. The number of carbonyl (C=O) groups excluding carboxylic acids is 1. The summed E-state index contributed by atoms with van der Waals surface area (Å²) in [5, 5.41) is 3.00. The molecule has 0 aliphatic rings. The number of halogens is 2. The zero-order valence-electron chi connectivity index (χ0n) is 14.2. The van der Waals surface area contributed by atoms with E-state index in [4.69, 9.17) is 0 Å². The Morgan fingerprint density at radius 3 is 2.65 bits per heavy atom. The Hall–Kier alpha value is -2.54. The van der Waals surface area contributed by atoms with Gasteiger partial charge >= 0.3 is 0 Å². The average molecular weight is 418 g/mol. The maximum absolute atomic E-state index is 14.0. The number of fused-ring (bicyclic) bond motifs is 1. The van der Waals surface area contributed by atoms with Gasteiger partial charge in [0.05, 0.1) is 22.9 Å². The standard InChI is InChI=1S/C19H17BrFN3O2/c1-11(2)17(18(25)23-16-8-7-12(20)9-14(16)21)24-10-22-15-6-4-3-5-13(15)19(24)26/h3-11,17H,1-2H3,(H,23,25). The molecule has 0 bridgehead atoms. The van der Waals surface area contributed by atoms with Gasteiger partial charge in [-0.15, -0.1) is 0 Å². The van der Waals surface area contributed by atoms with E-state index < -0.39 is 17.8 Å². The number of rotatable bonds is 4. The number of amides is 1. The molecular formula is C19H17BrFN3O2. The first-order valence-electron chi connectivity index (χ1n) is 8.10. The van der Waals surface area contributed by atoms with E-state index >= 15 is 0 Å². The van der Waals surface area contributed by atoms with Crippen LogP contribution in [-0.4, -0.2) is 15.5 Å². The predicted molar refractivity (Wildman–Crippen MR) is 103 cm³/mol. The summed E-state index contributed by atoms with van der Waals surface area (Å²) in [6.45, 7) is 3.65. The predicted octanol–water partition coefficient (Wildman–Crippen LogP) is 4.13. The lowest BCUT2D eigenvalue weighted by molar-refractivity contribution is -0.120. The van der Waals surface area contributed by atoms with E-state index in [0.717, 1.165) is 0 Å². The Kier molecular flexibility index (Phi) is 5.18. The van der Waals surface area contributed by atoms with Crippen LogP contribution in [-0.2, 0) is 4.79 Å². The second-order valence-electron chi connectivity index (χ2n) is 6.28. The Balaban J connectivity index is 2.00. The molecule has 0 aliphatic carbocycles. The molecule has 1 heterocycles. The highest BCUT2D eigenvalue weighted by Crippen LogP contribution is 2.23. The Bertz CT molecular complexity index is 1030. The second-order valence-corrected chi connectivity index (χ2v) is 7.19. The number of anilines is 1. The maximum atomic E-state index is 14.0. The van der Waals surface area contributed by atoms with Crippen LogP contribution in [0.1, 0.15) is 19.9 Å². The molecule has 0 saturated carbocycles. The molecule has 3 aromatic rings. The van der Waals surface area contributed by atoms with Gasteiger partial charge in [-0.2, -0.15) is 0 Å². The number of hydrogen-bond acceptors (Lipinski definition) is 3. The van der Waals surface area contributed by atoms with E-state index in [9.17, 15) is 14.0 Å². The summed E-state index contributed by atoms with van der Waals surface area (Å²) < 4.78 is 15.9. The molecule has 134 valence electrons. The van der Waals surface area contributed by atoms with Gasteiger partial charge < -0.3 is 5.32 Å². The first-order chi connectivity index (χ1) is 12.4. The van der Waals surface area contributed by atoms with Crippen LogP contribution in [0.4, 0.5) is 10.1 Å². The maximum Gasteiger partial charge on any atom is 0.261 e. The van der Waals surface area contributed by atoms with Crippen LogP contribution in [0.25, 0.3) is 10.9 Å². The second kappa shape index (κ2) is 7.37. The molecule has 5 nitrogen and oxygen atoms in total. The molecule has 7 heteroatoms. The number of nitrogens with zero attached hydrogens (tertiary/aromatic N) is 2. The highest BCUT2D eigenvalue weighted by atomic mass is 79.9. The van der Waals surface area contributed by atoms with Gasteiger partial charge in [0.15, 0.2) is 0 Å². The fourth-order valence-electron chi connectivity index (χ4n) is 2.83. The van der Waals surface area contributed by atoms with E-state index in [1.807, 2.05) is 13.8 Å². The summed E-state index contributed by atoms with van der Waals surface area (Å²) in [4.78, 5) is 29.9. The van der Waals surface area contributed by atoms with Gasteiger partial charge in [0.25, 0.3) is 5.56 Å². The number of benzene rings is 2. The molecule has 0 aliphatic heterocycles. The fraction of sp³-hybridized carbons (Fsp3) is 0.211. The summed E-state index contributed by atoms with van der Waals surface area (Å²) in [6, 6.07) is 10.5. The van der Waals surface area contributed by atoms with Crippen molar-refractivity contribution in [2.24, 2.45) is 5.92 Å². The van der Waals surface area contributed by atoms with Crippen LogP contribution in [0.5, 0.6) is 0 Å². The number of aromatic nitrogens is 2. The van der Waals surface area contributed by atoms with Gasteiger partial charge in [0, 0.05) is 4.47 Å². The van der Waals surface area contributed by atoms with E-state index in [1.54, 1.807) is 30.3 Å². The molecule has 1 aromatic heterocycles. The van der Waals surface area contributed by atoms with Gasteiger partial charge in [-0.3, -0.25) is 14.2 Å². The monoisotopic (exact) mass is 417 g/mol. The zero-order chi connectivity index (χ0) is 18.8. The van der Waals surface area contributed by atoms with E-state index in [0.29, 0.717) is 15.4 Å². The minimum absolute atomic E-state index is 0.0608. The number of para-hydroxylation sites is 1. The lowest BCUT2D eigenvalue weighted by Gasteiger charge is -2.22. The fourth-order valence-corrected chi connectivity index (χ4v) is 3.16. The molecule has 26 heavy (non-hydrogen) atoms. The third kappa shape index (κ3) is 3.53. The average Bonchev–Trinajstić information content (AvgIpc) is 2.59. The molecule has 1 atom stereocenters. The molecule has 1 unspecified atom stereocenters. The van der Waals surface area contributed by atoms with Gasteiger partial charge in [-0.1, -0.05) is 41.9 Å². The van der Waals surface area contributed by atoms with Crippen molar-refractivity contribution >= 4 is 38.4 Å². The van der Waals surface area contributed by atoms with Crippen molar-refractivity contribution in [1.29, 1.82) is 0 Å². The van der Waals surface area contributed by atoms with Crippen molar-refractivity contribution in [2.45, 2.75) is 19.9 Å². The molecule has 2 aromatic carbocycles.